The van der Waals surface area contributed by atoms with Crippen LogP contribution < -0.4 is 19.8 Å². The van der Waals surface area contributed by atoms with Gasteiger partial charge < -0.3 is 24.8 Å². The van der Waals surface area contributed by atoms with Crippen molar-refractivity contribution >= 4 is 68.1 Å². The topological polar surface area (TPSA) is 234 Å². The van der Waals surface area contributed by atoms with E-state index in [2.05, 4.69) is 34.9 Å². The molecule has 4 aliphatic rings. The van der Waals surface area contributed by atoms with Gasteiger partial charge in [-0.25, -0.2) is 23.7 Å². The molecule has 2 unspecified atom stereocenters. The van der Waals surface area contributed by atoms with Crippen molar-refractivity contribution in [2.75, 3.05) is 67.4 Å². The predicted octanol–water partition coefficient (Wildman–Crippen LogP) is 3.73. The Morgan fingerprint density at radius 2 is 1.65 bits per heavy atom. The molecule has 3 saturated heterocycles. The number of pyridine rings is 1. The summed E-state index contributed by atoms with van der Waals surface area (Å²) in [7, 11) is -2.83. The average molecular weight is 954 g/mol. The number of rotatable bonds is 13. The Balaban J connectivity index is 0.772. The van der Waals surface area contributed by atoms with Crippen molar-refractivity contribution in [3.8, 4) is 11.1 Å². The summed E-state index contributed by atoms with van der Waals surface area (Å²) in [5.74, 6) is -3.62. The molecular formula is C46H49F2N11O8S. The monoisotopic (exact) mass is 953 g/mol. The maximum Gasteiger partial charge on any atom is 0.301 e. The van der Waals surface area contributed by atoms with Gasteiger partial charge in [0.15, 0.2) is 5.82 Å². The number of piperidine rings is 2. The third-order valence-electron chi connectivity index (χ3n) is 13.4. The fourth-order valence-electron chi connectivity index (χ4n) is 9.35. The lowest BCUT2D eigenvalue weighted by Crippen LogP contribution is -2.54. The summed E-state index contributed by atoms with van der Waals surface area (Å²) in [5.41, 5.74) is 1.52. The van der Waals surface area contributed by atoms with E-state index in [1.165, 1.54) is 13.2 Å². The number of nitrogens with zero attached hydrogens (tertiary/aromatic N) is 8. The number of benzene rings is 2. The number of carbonyl (C=O) groups is 5. The van der Waals surface area contributed by atoms with Gasteiger partial charge in [-0.05, 0) is 61.9 Å². The lowest BCUT2D eigenvalue weighted by molar-refractivity contribution is -0.136. The number of nitrogens with one attached hydrogen (secondary N) is 3. The second-order valence-electron chi connectivity index (χ2n) is 17.4. The van der Waals surface area contributed by atoms with Gasteiger partial charge in [0.2, 0.25) is 23.7 Å². The van der Waals surface area contributed by atoms with Crippen LogP contribution >= 0.6 is 0 Å². The van der Waals surface area contributed by atoms with Crippen LogP contribution in [0.15, 0.2) is 61.2 Å². The first-order valence-electron chi connectivity index (χ1n) is 22.4. The molecule has 356 valence electrons. The molecule has 3 fully saturated rings. The minimum Gasteiger partial charge on any atom is -0.383 e. The number of imide groups is 2. The molecule has 9 rings (SSSR count). The standard InChI is InChI=1S/C46H49F2N11O8S/c1-3-55(2)68(66,67)54-33-9-8-32(47)39(40(33)48)41(62)31-25-50-42-30(31)21-27(22-49-42)28-23-51-46(52-24-28)58-19-17-57(18-20-58)37(61)12-7-26-13-15-56(16-14-26)34-6-4-5-29-38(34)45(65)59(44(29)64)35-10-11-36(60)53-43(35)63/h4-6,8-9,21-26,35,41,54,62H,3,7,10-20H2,1-2H3,(H,49,50)(H,53,60,63). The molecule has 7 heterocycles. The fraction of sp³-hybridized carbons (Fsp3) is 0.391. The van der Waals surface area contributed by atoms with Crippen molar-refractivity contribution < 1.29 is 46.3 Å². The van der Waals surface area contributed by atoms with Crippen LogP contribution in [0.25, 0.3) is 22.2 Å². The summed E-state index contributed by atoms with van der Waals surface area (Å²) in [5, 5.41) is 13.9. The van der Waals surface area contributed by atoms with Gasteiger partial charge in [0.05, 0.1) is 28.1 Å². The second kappa shape index (κ2) is 18.6. The van der Waals surface area contributed by atoms with E-state index < -0.39 is 68.9 Å². The van der Waals surface area contributed by atoms with Gasteiger partial charge in [0.25, 0.3) is 11.8 Å². The molecule has 0 bridgehead atoms. The lowest BCUT2D eigenvalue weighted by atomic mass is 9.91. The number of fused-ring (bicyclic) bond motifs is 2. The van der Waals surface area contributed by atoms with Crippen molar-refractivity contribution in [3.63, 3.8) is 0 Å². The van der Waals surface area contributed by atoms with Crippen LogP contribution in [0, 0.1) is 17.6 Å². The lowest BCUT2D eigenvalue weighted by Gasteiger charge is -2.36. The zero-order valence-corrected chi connectivity index (χ0v) is 38.1. The normalized spacial score (nSPS) is 18.7. The molecule has 5 amide bonds. The van der Waals surface area contributed by atoms with Gasteiger partial charge in [-0.15, -0.1) is 0 Å². The molecule has 0 saturated carbocycles. The highest BCUT2D eigenvalue weighted by atomic mass is 32.2. The third-order valence-corrected chi connectivity index (χ3v) is 15.0. The SMILES string of the molecule is CCN(C)S(=O)(=O)Nc1ccc(F)c(C(O)c2c[nH]c3ncc(-c4cnc(N5CCN(C(=O)CCC6CCN(c7cccc8c7C(=O)N(C7CCC(=O)NC7=O)C8=O)CC6)CC5)nc4)cc23)c1F. The van der Waals surface area contributed by atoms with Gasteiger partial charge in [-0.1, -0.05) is 13.0 Å². The Labute approximate surface area is 389 Å². The van der Waals surface area contributed by atoms with E-state index in [1.54, 1.807) is 43.7 Å². The second-order valence-corrected chi connectivity index (χ2v) is 19.1. The molecule has 0 spiro atoms. The first-order valence-corrected chi connectivity index (χ1v) is 23.9. The highest BCUT2D eigenvalue weighted by Gasteiger charge is 2.46. The molecule has 4 N–H and O–H groups in total. The predicted molar refractivity (Wildman–Crippen MR) is 244 cm³/mol. The fourth-order valence-corrected chi connectivity index (χ4v) is 10.3. The largest absolute Gasteiger partial charge is 0.383 e. The van der Waals surface area contributed by atoms with Crippen molar-refractivity contribution in [2.24, 2.45) is 5.92 Å². The van der Waals surface area contributed by atoms with Gasteiger partial charge >= 0.3 is 10.2 Å². The third kappa shape index (κ3) is 8.73. The van der Waals surface area contributed by atoms with Crippen molar-refractivity contribution in [1.29, 1.82) is 0 Å². The van der Waals surface area contributed by atoms with E-state index in [-0.39, 0.29) is 42.0 Å². The molecule has 2 aromatic carbocycles. The number of anilines is 3. The number of aliphatic hydroxyl groups is 1. The maximum atomic E-state index is 15.7. The number of piperazine rings is 1. The Hall–Kier alpha value is -6.91. The van der Waals surface area contributed by atoms with E-state index in [9.17, 15) is 37.5 Å². The minimum absolute atomic E-state index is 0.0485. The summed E-state index contributed by atoms with van der Waals surface area (Å²) in [6.07, 6.45) is 7.23. The Morgan fingerprint density at radius 3 is 2.35 bits per heavy atom. The van der Waals surface area contributed by atoms with Gasteiger partial charge in [0.1, 0.15) is 23.6 Å². The first-order chi connectivity index (χ1) is 32.6. The van der Waals surface area contributed by atoms with Crippen molar-refractivity contribution in [3.05, 3.63) is 95.1 Å². The molecule has 68 heavy (non-hydrogen) atoms. The van der Waals surface area contributed by atoms with Crippen molar-refractivity contribution in [2.45, 2.75) is 57.6 Å². The number of aromatic nitrogens is 4. The highest BCUT2D eigenvalue weighted by molar-refractivity contribution is 7.90. The highest BCUT2D eigenvalue weighted by Crippen LogP contribution is 2.38. The minimum atomic E-state index is -4.14. The Morgan fingerprint density at radius 1 is 0.926 bits per heavy atom. The number of aliphatic hydroxyl groups excluding tert-OH is 1. The van der Waals surface area contributed by atoms with Crippen LogP contribution in [0.4, 0.5) is 26.1 Å². The number of hydrogen-bond acceptors (Lipinski definition) is 13. The summed E-state index contributed by atoms with van der Waals surface area (Å²) in [4.78, 5) is 88.0. The summed E-state index contributed by atoms with van der Waals surface area (Å²) < 4.78 is 59.0. The van der Waals surface area contributed by atoms with Gasteiger partial charge in [-0.3, -0.25) is 38.9 Å². The quantitative estimate of drug-likeness (QED) is 0.123. The summed E-state index contributed by atoms with van der Waals surface area (Å²) in [6, 6.07) is 7.63. The van der Waals surface area contributed by atoms with E-state index >= 15 is 8.78 Å². The molecule has 5 aromatic rings. The molecule has 2 atom stereocenters. The zero-order chi connectivity index (χ0) is 48.0. The molecule has 0 aliphatic carbocycles. The van der Waals surface area contributed by atoms with Crippen LogP contribution in [-0.4, -0.2) is 136 Å². The van der Waals surface area contributed by atoms with E-state index in [4.69, 9.17) is 0 Å². The average Bonchev–Trinajstić information content (AvgIpc) is 3.88. The maximum absolute atomic E-state index is 15.7. The van der Waals surface area contributed by atoms with E-state index in [0.717, 1.165) is 40.6 Å². The zero-order valence-electron chi connectivity index (χ0n) is 37.2. The van der Waals surface area contributed by atoms with Crippen LogP contribution in [0.5, 0.6) is 0 Å². The van der Waals surface area contributed by atoms with Crippen molar-refractivity contribution in [1.82, 2.24) is 39.4 Å². The molecular weight excluding hydrogens is 905 g/mol. The first kappa shape index (κ1) is 46.2. The summed E-state index contributed by atoms with van der Waals surface area (Å²) >= 11 is 0. The molecule has 3 aromatic heterocycles. The van der Waals surface area contributed by atoms with Gasteiger partial charge in [0, 0.05) is 113 Å². The molecule has 19 nitrogen and oxygen atoms in total. The number of halogens is 2. The van der Waals surface area contributed by atoms with E-state index in [1.807, 2.05) is 15.9 Å². The van der Waals surface area contributed by atoms with Crippen LogP contribution in [0.1, 0.15) is 83.4 Å². The van der Waals surface area contributed by atoms with Crippen LogP contribution in [-0.2, 0) is 24.6 Å². The number of hydrogen-bond donors (Lipinski definition) is 4. The number of aromatic amines is 1. The smallest absolute Gasteiger partial charge is 0.301 e. The molecule has 22 heteroatoms. The number of H-pyrrole nitrogens is 1. The molecule has 4 aliphatic heterocycles. The Bertz CT molecular complexity index is 2940. The van der Waals surface area contributed by atoms with E-state index in [0.29, 0.717) is 85.4 Å². The number of carbonyl (C=O) groups excluding carboxylic acids is 5. The number of amides is 5. The van der Waals surface area contributed by atoms with Crippen LogP contribution in [0.3, 0.4) is 0 Å². The van der Waals surface area contributed by atoms with Gasteiger partial charge in [-0.2, -0.15) is 12.7 Å². The van der Waals surface area contributed by atoms with Crippen LogP contribution in [0.2, 0.25) is 0 Å². The Kier molecular flexibility index (Phi) is 12.7. The summed E-state index contributed by atoms with van der Waals surface area (Å²) in [6.45, 7) is 5.02. The molecule has 0 radical (unpaired) electrons.